The van der Waals surface area contributed by atoms with Gasteiger partial charge in [-0.15, -0.1) is 6.58 Å². The van der Waals surface area contributed by atoms with Gasteiger partial charge >= 0.3 is 0 Å². The zero-order valence-electron chi connectivity index (χ0n) is 8.45. The molecule has 2 amide bonds. The van der Waals surface area contributed by atoms with Crippen LogP contribution in [-0.2, 0) is 9.59 Å². The number of carbonyl (C=O) groups is 2. The van der Waals surface area contributed by atoms with Crippen LogP contribution in [0.1, 0.15) is 19.3 Å². The standard InChI is InChI=1S/C10H16N2O2/c1-3-4-7-11-8-5-6-9(13)12(2)10(8)14/h3,8,11H,1,4-7H2,2H3. The van der Waals surface area contributed by atoms with Gasteiger partial charge in [0, 0.05) is 13.5 Å². The van der Waals surface area contributed by atoms with Crippen molar-refractivity contribution in [3.63, 3.8) is 0 Å². The highest BCUT2D eigenvalue weighted by atomic mass is 16.2. The fraction of sp³-hybridized carbons (Fsp3) is 0.600. The molecule has 1 atom stereocenters. The zero-order valence-corrected chi connectivity index (χ0v) is 8.45. The summed E-state index contributed by atoms with van der Waals surface area (Å²) in [4.78, 5) is 23.9. The summed E-state index contributed by atoms with van der Waals surface area (Å²) < 4.78 is 0. The molecule has 0 aromatic heterocycles. The van der Waals surface area contributed by atoms with Crippen molar-refractivity contribution in [2.75, 3.05) is 13.6 Å². The maximum Gasteiger partial charge on any atom is 0.246 e. The van der Waals surface area contributed by atoms with Gasteiger partial charge in [0.05, 0.1) is 6.04 Å². The maximum absolute atomic E-state index is 11.5. The number of likely N-dealkylation sites (N-methyl/N-ethyl adjacent to an activating group) is 1. The van der Waals surface area contributed by atoms with Crippen LogP contribution in [0.2, 0.25) is 0 Å². The summed E-state index contributed by atoms with van der Waals surface area (Å²) in [7, 11) is 1.53. The van der Waals surface area contributed by atoms with E-state index >= 15 is 0 Å². The lowest BCUT2D eigenvalue weighted by Gasteiger charge is -2.28. The van der Waals surface area contributed by atoms with Crippen LogP contribution in [0.15, 0.2) is 12.7 Å². The highest BCUT2D eigenvalue weighted by molar-refractivity contribution is 6.00. The van der Waals surface area contributed by atoms with E-state index in [1.54, 1.807) is 6.08 Å². The van der Waals surface area contributed by atoms with E-state index in [4.69, 9.17) is 0 Å². The number of likely N-dealkylation sites (tertiary alicyclic amines) is 1. The van der Waals surface area contributed by atoms with Crippen LogP contribution in [0, 0.1) is 0 Å². The van der Waals surface area contributed by atoms with Crippen molar-refractivity contribution in [2.24, 2.45) is 0 Å². The molecule has 1 aliphatic rings. The van der Waals surface area contributed by atoms with Crippen molar-refractivity contribution >= 4 is 11.8 Å². The smallest absolute Gasteiger partial charge is 0.246 e. The lowest BCUT2D eigenvalue weighted by molar-refractivity contribution is -0.148. The SMILES string of the molecule is C=CCCNC1CCC(=O)N(C)C1=O. The minimum Gasteiger partial charge on any atom is -0.306 e. The number of piperidine rings is 1. The average Bonchev–Trinajstić information content (AvgIpc) is 2.18. The first-order chi connectivity index (χ1) is 6.66. The summed E-state index contributed by atoms with van der Waals surface area (Å²) in [5.74, 6) is -0.206. The molecule has 4 heteroatoms. The molecule has 0 saturated carbocycles. The molecule has 1 saturated heterocycles. The van der Waals surface area contributed by atoms with Crippen molar-refractivity contribution in [1.82, 2.24) is 10.2 Å². The summed E-state index contributed by atoms with van der Waals surface area (Å²) in [6.45, 7) is 4.34. The number of hydrogen-bond donors (Lipinski definition) is 1. The molecule has 1 aliphatic heterocycles. The van der Waals surface area contributed by atoms with Crippen molar-refractivity contribution in [2.45, 2.75) is 25.3 Å². The second kappa shape index (κ2) is 4.91. The minimum atomic E-state index is -0.197. The maximum atomic E-state index is 11.5. The van der Waals surface area contributed by atoms with Gasteiger partial charge in [-0.3, -0.25) is 14.5 Å². The van der Waals surface area contributed by atoms with Crippen molar-refractivity contribution in [1.29, 1.82) is 0 Å². The molecule has 1 fully saturated rings. The second-order valence-electron chi connectivity index (χ2n) is 3.41. The molecule has 78 valence electrons. The van der Waals surface area contributed by atoms with Gasteiger partial charge in [0.25, 0.3) is 0 Å². The summed E-state index contributed by atoms with van der Waals surface area (Å²) in [5, 5.41) is 3.11. The average molecular weight is 196 g/mol. The third-order valence-electron chi connectivity index (χ3n) is 2.39. The van der Waals surface area contributed by atoms with Crippen LogP contribution < -0.4 is 5.32 Å². The first kappa shape index (κ1) is 10.9. The molecule has 1 rings (SSSR count). The topological polar surface area (TPSA) is 49.4 Å². The lowest BCUT2D eigenvalue weighted by Crippen LogP contribution is -2.51. The van der Waals surface area contributed by atoms with E-state index in [0.717, 1.165) is 13.0 Å². The quantitative estimate of drug-likeness (QED) is 0.399. The van der Waals surface area contributed by atoms with E-state index in [1.165, 1.54) is 11.9 Å². The largest absolute Gasteiger partial charge is 0.306 e. The predicted octanol–water partition coefficient (Wildman–Crippen LogP) is 0.299. The van der Waals surface area contributed by atoms with Crippen LogP contribution >= 0.6 is 0 Å². The Balaban J connectivity index is 2.43. The molecule has 0 aliphatic carbocycles. The first-order valence-corrected chi connectivity index (χ1v) is 4.81. The van der Waals surface area contributed by atoms with E-state index < -0.39 is 0 Å². The summed E-state index contributed by atoms with van der Waals surface area (Å²) >= 11 is 0. The third kappa shape index (κ3) is 2.42. The van der Waals surface area contributed by atoms with Gasteiger partial charge in [-0.05, 0) is 19.4 Å². The Bertz CT molecular complexity index is 251. The molecule has 1 N–H and O–H groups in total. The molecule has 14 heavy (non-hydrogen) atoms. The Hall–Kier alpha value is -1.16. The van der Waals surface area contributed by atoms with Gasteiger partial charge in [0.15, 0.2) is 0 Å². The number of imide groups is 1. The lowest BCUT2D eigenvalue weighted by atomic mass is 10.0. The fourth-order valence-corrected chi connectivity index (χ4v) is 1.46. The van der Waals surface area contributed by atoms with Crippen LogP contribution in [0.4, 0.5) is 0 Å². The normalized spacial score (nSPS) is 22.6. The van der Waals surface area contributed by atoms with E-state index in [-0.39, 0.29) is 17.9 Å². The number of carbonyl (C=O) groups excluding carboxylic acids is 2. The second-order valence-corrected chi connectivity index (χ2v) is 3.41. The van der Waals surface area contributed by atoms with Gasteiger partial charge < -0.3 is 5.32 Å². The summed E-state index contributed by atoms with van der Waals surface area (Å²) in [6, 6.07) is -0.197. The van der Waals surface area contributed by atoms with Crippen LogP contribution in [0.3, 0.4) is 0 Å². The molecular weight excluding hydrogens is 180 g/mol. The van der Waals surface area contributed by atoms with Gasteiger partial charge in [-0.25, -0.2) is 0 Å². The van der Waals surface area contributed by atoms with E-state index in [0.29, 0.717) is 12.8 Å². The van der Waals surface area contributed by atoms with Gasteiger partial charge in [-0.2, -0.15) is 0 Å². The Kier molecular flexibility index (Phi) is 3.83. The predicted molar refractivity (Wildman–Crippen MR) is 53.6 cm³/mol. The molecule has 0 spiro atoms. The van der Waals surface area contributed by atoms with Crippen molar-refractivity contribution in [3.8, 4) is 0 Å². The summed E-state index contributed by atoms with van der Waals surface area (Å²) in [5.41, 5.74) is 0. The Morgan fingerprint density at radius 1 is 1.64 bits per heavy atom. The Labute approximate surface area is 84.0 Å². The number of hydrogen-bond acceptors (Lipinski definition) is 3. The van der Waals surface area contributed by atoms with E-state index in [2.05, 4.69) is 11.9 Å². The van der Waals surface area contributed by atoms with Gasteiger partial charge in [0.1, 0.15) is 0 Å². The van der Waals surface area contributed by atoms with Gasteiger partial charge in [-0.1, -0.05) is 6.08 Å². The first-order valence-electron chi connectivity index (χ1n) is 4.81. The summed E-state index contributed by atoms with van der Waals surface area (Å²) in [6.07, 6.45) is 3.70. The number of nitrogens with one attached hydrogen (secondary N) is 1. The molecule has 4 nitrogen and oxygen atoms in total. The Morgan fingerprint density at radius 3 is 3.00 bits per heavy atom. The van der Waals surface area contributed by atoms with Crippen LogP contribution in [0.25, 0.3) is 0 Å². The van der Waals surface area contributed by atoms with Gasteiger partial charge in [0.2, 0.25) is 11.8 Å². The fourth-order valence-electron chi connectivity index (χ4n) is 1.46. The molecular formula is C10H16N2O2. The number of amides is 2. The molecule has 0 aromatic rings. The molecule has 1 heterocycles. The molecule has 0 bridgehead atoms. The number of nitrogens with zero attached hydrogens (tertiary/aromatic N) is 1. The Morgan fingerprint density at radius 2 is 2.36 bits per heavy atom. The molecule has 0 aromatic carbocycles. The highest BCUT2D eigenvalue weighted by Gasteiger charge is 2.30. The van der Waals surface area contributed by atoms with Crippen molar-refractivity contribution < 1.29 is 9.59 Å². The zero-order chi connectivity index (χ0) is 10.6. The van der Waals surface area contributed by atoms with Crippen LogP contribution in [0.5, 0.6) is 0 Å². The monoisotopic (exact) mass is 196 g/mol. The van der Waals surface area contributed by atoms with E-state index in [1.807, 2.05) is 0 Å². The molecule has 0 radical (unpaired) electrons. The van der Waals surface area contributed by atoms with E-state index in [9.17, 15) is 9.59 Å². The van der Waals surface area contributed by atoms with Crippen LogP contribution in [-0.4, -0.2) is 36.3 Å². The highest BCUT2D eigenvalue weighted by Crippen LogP contribution is 2.11. The number of rotatable bonds is 4. The van der Waals surface area contributed by atoms with Crippen molar-refractivity contribution in [3.05, 3.63) is 12.7 Å². The third-order valence-corrected chi connectivity index (χ3v) is 2.39. The minimum absolute atomic E-state index is 0.0863. The molecule has 1 unspecified atom stereocenters.